The second-order valence-corrected chi connectivity index (χ2v) is 11.7. The zero-order chi connectivity index (χ0) is 26.8. The van der Waals surface area contributed by atoms with E-state index in [4.69, 9.17) is 4.99 Å². The lowest BCUT2D eigenvalue weighted by molar-refractivity contribution is -0.122. The molecular formula is C33H65N3O. The van der Waals surface area contributed by atoms with E-state index >= 15 is 0 Å². The average Bonchev–Trinajstić information content (AvgIpc) is 3.36. The van der Waals surface area contributed by atoms with Crippen LogP contribution in [0.2, 0.25) is 0 Å². The molecule has 1 heterocycles. The molecule has 218 valence electrons. The van der Waals surface area contributed by atoms with E-state index in [-0.39, 0.29) is 12.1 Å². The molecule has 0 bridgehead atoms. The summed E-state index contributed by atoms with van der Waals surface area (Å²) in [6.45, 7) is 8.53. The Morgan fingerprint density at radius 3 is 1.54 bits per heavy atom. The van der Waals surface area contributed by atoms with Crippen molar-refractivity contribution in [1.29, 1.82) is 0 Å². The van der Waals surface area contributed by atoms with E-state index in [1.807, 2.05) is 0 Å². The lowest BCUT2D eigenvalue weighted by Gasteiger charge is -2.28. The molecule has 4 nitrogen and oxygen atoms in total. The van der Waals surface area contributed by atoms with Crippen molar-refractivity contribution in [3.63, 3.8) is 0 Å². The fraction of sp³-hybridized carbons (Fsp3) is 0.939. The predicted molar refractivity (Wildman–Crippen MR) is 163 cm³/mol. The number of nitrogens with zero attached hydrogens (tertiary/aromatic N) is 2. The molecule has 0 aromatic heterocycles. The quantitative estimate of drug-likeness (QED) is 0.110. The van der Waals surface area contributed by atoms with Crippen molar-refractivity contribution in [2.45, 2.75) is 187 Å². The maximum atomic E-state index is 12.5. The molecule has 0 aromatic carbocycles. The molecular weight excluding hydrogens is 454 g/mol. The number of unbranched alkanes of at least 4 members (excludes halogenated alkanes) is 21. The van der Waals surface area contributed by atoms with Crippen molar-refractivity contribution >= 4 is 11.7 Å². The van der Waals surface area contributed by atoms with Crippen LogP contribution in [0.3, 0.4) is 0 Å². The van der Waals surface area contributed by atoms with E-state index in [1.54, 1.807) is 0 Å². The Labute approximate surface area is 232 Å². The molecule has 1 N–H and O–H groups in total. The highest BCUT2D eigenvalue weighted by molar-refractivity contribution is 5.84. The maximum Gasteiger partial charge on any atom is 0.221 e. The van der Waals surface area contributed by atoms with Crippen molar-refractivity contribution in [1.82, 2.24) is 10.2 Å². The minimum atomic E-state index is 0.0683. The summed E-state index contributed by atoms with van der Waals surface area (Å²) in [5, 5.41) is 3.24. The van der Waals surface area contributed by atoms with Gasteiger partial charge in [0.25, 0.3) is 0 Å². The molecule has 0 radical (unpaired) electrons. The number of hydrogen-bond acceptors (Lipinski definition) is 3. The summed E-state index contributed by atoms with van der Waals surface area (Å²) in [7, 11) is 0. The third-order valence-electron chi connectivity index (χ3n) is 8.07. The monoisotopic (exact) mass is 520 g/mol. The lowest BCUT2D eigenvalue weighted by Crippen LogP contribution is -2.47. The largest absolute Gasteiger partial charge is 0.338 e. The minimum absolute atomic E-state index is 0.0683. The molecule has 0 saturated heterocycles. The fourth-order valence-electron chi connectivity index (χ4n) is 5.60. The van der Waals surface area contributed by atoms with Gasteiger partial charge in [0.15, 0.2) is 0 Å². The predicted octanol–water partition coefficient (Wildman–Crippen LogP) is 9.95. The van der Waals surface area contributed by atoms with Crippen LogP contribution in [-0.2, 0) is 4.79 Å². The average molecular weight is 520 g/mol. The summed E-state index contributed by atoms with van der Waals surface area (Å²) in [5.74, 6) is 1.43. The van der Waals surface area contributed by atoms with Crippen LogP contribution in [0, 0.1) is 0 Å². The van der Waals surface area contributed by atoms with E-state index < -0.39 is 0 Å². The van der Waals surface area contributed by atoms with Gasteiger partial charge < -0.3 is 10.2 Å². The third kappa shape index (κ3) is 19.6. The van der Waals surface area contributed by atoms with Gasteiger partial charge in [-0.05, 0) is 19.8 Å². The standard InChI is InChI=1S/C33H65N3O/c1-4-6-8-10-12-14-16-18-19-21-23-25-27-32-34-29-30-36(32)31(3)35-33(37)28-26-24-22-20-17-15-13-11-9-7-5-2/h31H,4-30H2,1-3H3,(H,35,37). The number of amidine groups is 1. The molecule has 1 aliphatic heterocycles. The zero-order valence-electron chi connectivity index (χ0n) is 25.5. The van der Waals surface area contributed by atoms with Gasteiger partial charge in [-0.25, -0.2) is 0 Å². The number of carbonyl (C=O) groups excluding carboxylic acids is 1. The molecule has 1 aliphatic rings. The summed E-state index contributed by atoms with van der Waals surface area (Å²) in [5.41, 5.74) is 0. The highest BCUT2D eigenvalue weighted by Crippen LogP contribution is 2.16. The van der Waals surface area contributed by atoms with E-state index in [1.165, 1.54) is 147 Å². The first kappa shape index (κ1) is 34.0. The Balaban J connectivity index is 1.99. The summed E-state index contributed by atoms with van der Waals surface area (Å²) >= 11 is 0. The van der Waals surface area contributed by atoms with Crippen molar-refractivity contribution in [3.05, 3.63) is 0 Å². The van der Waals surface area contributed by atoms with Crippen LogP contribution in [0.4, 0.5) is 0 Å². The Hall–Kier alpha value is -1.06. The Morgan fingerprint density at radius 2 is 1.08 bits per heavy atom. The van der Waals surface area contributed by atoms with Crippen LogP contribution in [-0.4, -0.2) is 35.9 Å². The summed E-state index contributed by atoms with van der Waals surface area (Å²) < 4.78 is 0. The molecule has 1 unspecified atom stereocenters. The van der Waals surface area contributed by atoms with Gasteiger partial charge in [0, 0.05) is 19.4 Å². The van der Waals surface area contributed by atoms with Crippen LogP contribution in [0.25, 0.3) is 0 Å². The number of carbonyl (C=O) groups is 1. The SMILES string of the molecule is CCCCCCCCCCCCCCC1=NCCN1C(C)NC(=O)CCCCCCCCCCCCC. The van der Waals surface area contributed by atoms with Gasteiger partial charge >= 0.3 is 0 Å². The molecule has 0 saturated carbocycles. The molecule has 0 fully saturated rings. The summed E-state index contributed by atoms with van der Waals surface area (Å²) in [4.78, 5) is 19.6. The van der Waals surface area contributed by atoms with Crippen LogP contribution in [0.15, 0.2) is 4.99 Å². The lowest BCUT2D eigenvalue weighted by atomic mass is 10.0. The molecule has 37 heavy (non-hydrogen) atoms. The molecule has 0 aliphatic carbocycles. The topological polar surface area (TPSA) is 44.7 Å². The summed E-state index contributed by atoms with van der Waals surface area (Å²) in [6, 6.07) is 0. The second-order valence-electron chi connectivity index (χ2n) is 11.7. The molecule has 1 amide bonds. The molecule has 1 rings (SSSR count). The zero-order valence-corrected chi connectivity index (χ0v) is 25.5. The van der Waals surface area contributed by atoms with Crippen LogP contribution in [0.5, 0.6) is 0 Å². The van der Waals surface area contributed by atoms with Gasteiger partial charge in [0.2, 0.25) is 5.91 Å². The maximum absolute atomic E-state index is 12.5. The Bertz CT molecular complexity index is 548. The highest BCUT2D eigenvalue weighted by Gasteiger charge is 2.22. The fourth-order valence-corrected chi connectivity index (χ4v) is 5.60. The van der Waals surface area contributed by atoms with Crippen LogP contribution in [0.1, 0.15) is 181 Å². The van der Waals surface area contributed by atoms with Crippen molar-refractivity contribution in [2.75, 3.05) is 13.1 Å². The molecule has 4 heteroatoms. The first-order valence-corrected chi connectivity index (χ1v) is 16.8. The number of aliphatic imine (C=N–C) groups is 1. The molecule has 1 atom stereocenters. The van der Waals surface area contributed by atoms with E-state index in [9.17, 15) is 4.79 Å². The number of nitrogens with one attached hydrogen (secondary N) is 1. The van der Waals surface area contributed by atoms with Crippen molar-refractivity contribution in [2.24, 2.45) is 4.99 Å². The summed E-state index contributed by atoms with van der Waals surface area (Å²) in [6.07, 6.45) is 32.9. The first-order chi connectivity index (χ1) is 18.2. The van der Waals surface area contributed by atoms with Gasteiger partial charge in [-0.15, -0.1) is 0 Å². The van der Waals surface area contributed by atoms with Gasteiger partial charge in [0.05, 0.1) is 12.7 Å². The Morgan fingerprint density at radius 1 is 0.676 bits per heavy atom. The molecule has 0 spiro atoms. The first-order valence-electron chi connectivity index (χ1n) is 16.8. The number of hydrogen-bond donors (Lipinski definition) is 1. The smallest absolute Gasteiger partial charge is 0.221 e. The van der Waals surface area contributed by atoms with Crippen LogP contribution < -0.4 is 5.32 Å². The Kier molecular flexibility index (Phi) is 23.2. The third-order valence-corrected chi connectivity index (χ3v) is 8.07. The number of amides is 1. The van der Waals surface area contributed by atoms with Crippen LogP contribution >= 0.6 is 0 Å². The van der Waals surface area contributed by atoms with Crippen molar-refractivity contribution in [3.8, 4) is 0 Å². The highest BCUT2D eigenvalue weighted by atomic mass is 16.1. The van der Waals surface area contributed by atoms with Gasteiger partial charge in [-0.1, -0.05) is 149 Å². The normalized spacial score (nSPS) is 14.2. The number of rotatable bonds is 27. The van der Waals surface area contributed by atoms with E-state index in [2.05, 4.69) is 31.0 Å². The van der Waals surface area contributed by atoms with Gasteiger partial charge in [-0.3, -0.25) is 9.79 Å². The molecule has 0 aromatic rings. The van der Waals surface area contributed by atoms with E-state index in [0.717, 1.165) is 25.9 Å². The van der Waals surface area contributed by atoms with Gasteiger partial charge in [0.1, 0.15) is 5.84 Å². The van der Waals surface area contributed by atoms with Crippen molar-refractivity contribution < 1.29 is 4.79 Å². The van der Waals surface area contributed by atoms with Gasteiger partial charge in [-0.2, -0.15) is 0 Å². The minimum Gasteiger partial charge on any atom is -0.338 e. The second kappa shape index (κ2) is 25.2. The van der Waals surface area contributed by atoms with E-state index in [0.29, 0.717) is 6.42 Å².